The molecule has 0 atom stereocenters. The summed E-state index contributed by atoms with van der Waals surface area (Å²) < 4.78 is 15.7. The summed E-state index contributed by atoms with van der Waals surface area (Å²) in [7, 11) is 4.39. The Balaban J connectivity index is 2.33. The molecular formula is C20H23NO6. The number of methoxy groups -OCH3 is 3. The standard InChI is InChI=1S/C20H23NO6/c1-11(2)14-10-16(22)12(3)7-15(14)21-27-20(23)13-8-17(24-4)19(26-6)18(9-13)25-5/h7-11H,1-6H3/b21-15-. The minimum Gasteiger partial charge on any atom is -0.493 e. The average molecular weight is 373 g/mol. The maximum absolute atomic E-state index is 12.5. The van der Waals surface area contributed by atoms with Crippen LogP contribution in [0.5, 0.6) is 17.2 Å². The van der Waals surface area contributed by atoms with E-state index in [1.807, 2.05) is 13.8 Å². The normalized spacial score (nSPS) is 15.4. The summed E-state index contributed by atoms with van der Waals surface area (Å²) in [6.45, 7) is 5.56. The Bertz CT molecular complexity index is 823. The average Bonchev–Trinajstić information content (AvgIpc) is 2.66. The first-order valence-corrected chi connectivity index (χ1v) is 8.36. The lowest BCUT2D eigenvalue weighted by atomic mass is 9.90. The van der Waals surface area contributed by atoms with E-state index in [9.17, 15) is 9.59 Å². The molecule has 2 rings (SSSR count). The third kappa shape index (κ3) is 4.36. The molecule has 0 saturated heterocycles. The van der Waals surface area contributed by atoms with Crippen molar-refractivity contribution in [3.63, 3.8) is 0 Å². The van der Waals surface area contributed by atoms with Gasteiger partial charge in [-0.2, -0.15) is 0 Å². The quantitative estimate of drug-likeness (QED) is 0.432. The topological polar surface area (TPSA) is 83.4 Å². The van der Waals surface area contributed by atoms with Crippen molar-refractivity contribution in [1.29, 1.82) is 0 Å². The molecule has 0 aliphatic heterocycles. The van der Waals surface area contributed by atoms with Gasteiger partial charge in [-0.1, -0.05) is 19.0 Å². The monoisotopic (exact) mass is 373 g/mol. The van der Waals surface area contributed by atoms with Gasteiger partial charge in [-0.15, -0.1) is 0 Å². The molecule has 0 aromatic heterocycles. The van der Waals surface area contributed by atoms with Crippen LogP contribution in [-0.4, -0.2) is 38.8 Å². The van der Waals surface area contributed by atoms with Gasteiger partial charge in [0.1, 0.15) is 5.71 Å². The highest BCUT2D eigenvalue weighted by molar-refractivity contribution is 6.21. The zero-order valence-electron chi connectivity index (χ0n) is 16.3. The largest absolute Gasteiger partial charge is 0.493 e. The van der Waals surface area contributed by atoms with Gasteiger partial charge in [0.15, 0.2) is 17.3 Å². The molecule has 0 heterocycles. The van der Waals surface area contributed by atoms with Crippen LogP contribution in [0.15, 0.2) is 40.6 Å². The number of ether oxygens (including phenoxy) is 3. The van der Waals surface area contributed by atoms with Crippen LogP contribution in [0.3, 0.4) is 0 Å². The number of rotatable bonds is 6. The molecule has 0 saturated carbocycles. The van der Waals surface area contributed by atoms with Crippen molar-refractivity contribution >= 4 is 17.5 Å². The Labute approximate surface area is 158 Å². The summed E-state index contributed by atoms with van der Waals surface area (Å²) in [5.74, 6) is 0.326. The van der Waals surface area contributed by atoms with Crippen molar-refractivity contribution in [2.75, 3.05) is 21.3 Å². The highest BCUT2D eigenvalue weighted by atomic mass is 16.7. The zero-order chi connectivity index (χ0) is 20.1. The van der Waals surface area contributed by atoms with E-state index in [2.05, 4.69) is 5.16 Å². The smallest absolute Gasteiger partial charge is 0.366 e. The third-order valence-corrected chi connectivity index (χ3v) is 4.07. The fourth-order valence-corrected chi connectivity index (χ4v) is 2.57. The predicted molar refractivity (Wildman–Crippen MR) is 101 cm³/mol. The first-order valence-electron chi connectivity index (χ1n) is 8.36. The number of carbonyl (C=O) groups is 2. The summed E-state index contributed by atoms with van der Waals surface area (Å²) in [6, 6.07) is 2.96. The highest BCUT2D eigenvalue weighted by Gasteiger charge is 2.21. The maximum atomic E-state index is 12.5. The lowest BCUT2D eigenvalue weighted by Crippen LogP contribution is -2.16. The highest BCUT2D eigenvalue weighted by Crippen LogP contribution is 2.38. The Morgan fingerprint density at radius 1 is 1.00 bits per heavy atom. The van der Waals surface area contributed by atoms with Crippen LogP contribution in [0.1, 0.15) is 31.1 Å². The van der Waals surface area contributed by atoms with Crippen molar-refractivity contribution in [3.05, 3.63) is 41.0 Å². The number of oxime groups is 1. The number of nitrogens with zero attached hydrogens (tertiary/aromatic N) is 1. The molecule has 1 aromatic rings. The van der Waals surface area contributed by atoms with Gasteiger partial charge in [-0.25, -0.2) is 4.79 Å². The molecule has 1 aliphatic rings. The van der Waals surface area contributed by atoms with E-state index < -0.39 is 5.97 Å². The van der Waals surface area contributed by atoms with Crippen LogP contribution in [-0.2, 0) is 9.63 Å². The summed E-state index contributed by atoms with van der Waals surface area (Å²) in [4.78, 5) is 29.4. The van der Waals surface area contributed by atoms with Crippen LogP contribution in [0, 0.1) is 5.92 Å². The molecule has 0 amide bonds. The van der Waals surface area contributed by atoms with Crippen LogP contribution >= 0.6 is 0 Å². The number of benzene rings is 1. The van der Waals surface area contributed by atoms with Gasteiger partial charge in [-0.3, -0.25) is 4.79 Å². The van der Waals surface area contributed by atoms with Crippen LogP contribution in [0.2, 0.25) is 0 Å². The molecule has 0 unspecified atom stereocenters. The number of allylic oxidation sites excluding steroid dienone is 4. The van der Waals surface area contributed by atoms with Crippen molar-refractivity contribution in [3.8, 4) is 17.2 Å². The minimum atomic E-state index is -0.687. The van der Waals surface area contributed by atoms with Gasteiger partial charge in [0.2, 0.25) is 5.75 Å². The molecule has 27 heavy (non-hydrogen) atoms. The lowest BCUT2D eigenvalue weighted by molar-refractivity contribution is -0.111. The molecular weight excluding hydrogens is 350 g/mol. The van der Waals surface area contributed by atoms with E-state index in [-0.39, 0.29) is 17.3 Å². The van der Waals surface area contributed by atoms with Crippen LogP contribution in [0.4, 0.5) is 0 Å². The minimum absolute atomic E-state index is 0.0527. The second-order valence-electron chi connectivity index (χ2n) is 6.22. The summed E-state index contributed by atoms with van der Waals surface area (Å²) in [5, 5.41) is 3.96. The first-order chi connectivity index (χ1) is 12.8. The van der Waals surface area contributed by atoms with Gasteiger partial charge in [0, 0.05) is 0 Å². The number of hydrogen-bond acceptors (Lipinski definition) is 7. The Hall–Kier alpha value is -3.09. The lowest BCUT2D eigenvalue weighted by Gasteiger charge is -2.16. The molecule has 1 aromatic carbocycles. The fraction of sp³-hybridized carbons (Fsp3) is 0.350. The fourth-order valence-electron chi connectivity index (χ4n) is 2.57. The van der Waals surface area contributed by atoms with Gasteiger partial charge < -0.3 is 19.0 Å². The van der Waals surface area contributed by atoms with Crippen molar-refractivity contribution < 1.29 is 28.6 Å². The molecule has 0 bridgehead atoms. The molecule has 0 fully saturated rings. The van der Waals surface area contributed by atoms with Crippen molar-refractivity contribution in [2.24, 2.45) is 11.1 Å². The first kappa shape index (κ1) is 20.2. The molecule has 144 valence electrons. The number of ketones is 1. The Kier molecular flexibility index (Phi) is 6.39. The van der Waals surface area contributed by atoms with Gasteiger partial charge >= 0.3 is 5.97 Å². The molecule has 7 heteroatoms. The summed E-state index contributed by atoms with van der Waals surface area (Å²) in [5.41, 5.74) is 1.88. The van der Waals surface area contributed by atoms with Crippen molar-refractivity contribution in [1.82, 2.24) is 0 Å². The van der Waals surface area contributed by atoms with E-state index in [0.717, 1.165) is 0 Å². The third-order valence-electron chi connectivity index (χ3n) is 4.07. The van der Waals surface area contributed by atoms with Gasteiger partial charge in [0.05, 0.1) is 26.9 Å². The molecule has 0 spiro atoms. The molecule has 7 nitrogen and oxygen atoms in total. The Morgan fingerprint density at radius 2 is 1.59 bits per heavy atom. The molecule has 0 radical (unpaired) electrons. The van der Waals surface area contributed by atoms with E-state index in [1.54, 1.807) is 13.0 Å². The van der Waals surface area contributed by atoms with Gasteiger partial charge in [0.25, 0.3) is 0 Å². The van der Waals surface area contributed by atoms with Crippen LogP contribution in [0.25, 0.3) is 0 Å². The molecule has 0 N–H and O–H groups in total. The molecule has 1 aliphatic carbocycles. The predicted octanol–water partition coefficient (Wildman–Crippen LogP) is 3.34. The van der Waals surface area contributed by atoms with E-state index in [1.165, 1.54) is 39.5 Å². The van der Waals surface area contributed by atoms with Crippen molar-refractivity contribution in [2.45, 2.75) is 20.8 Å². The number of hydrogen-bond donors (Lipinski definition) is 0. The summed E-state index contributed by atoms with van der Waals surface area (Å²) in [6.07, 6.45) is 3.13. The number of carbonyl (C=O) groups excluding carboxylic acids is 2. The SMILES string of the molecule is COc1cc(C(=O)O/N=C2/C=C(C)C(=O)C=C2C(C)C)cc(OC)c1OC. The van der Waals surface area contributed by atoms with Crippen LogP contribution < -0.4 is 14.2 Å². The second kappa shape index (κ2) is 8.53. The van der Waals surface area contributed by atoms with E-state index >= 15 is 0 Å². The maximum Gasteiger partial charge on any atom is 0.366 e. The zero-order valence-corrected chi connectivity index (χ0v) is 16.3. The van der Waals surface area contributed by atoms with E-state index in [0.29, 0.717) is 34.1 Å². The summed E-state index contributed by atoms with van der Waals surface area (Å²) >= 11 is 0. The Morgan fingerprint density at radius 3 is 2.07 bits per heavy atom. The van der Waals surface area contributed by atoms with Gasteiger partial charge in [-0.05, 0) is 48.3 Å². The van der Waals surface area contributed by atoms with E-state index in [4.69, 9.17) is 19.0 Å². The second-order valence-corrected chi connectivity index (χ2v) is 6.22.